The Bertz CT molecular complexity index is 679. The molecule has 0 aliphatic carbocycles. The zero-order chi connectivity index (χ0) is 21.4. The van der Waals surface area contributed by atoms with Gasteiger partial charge in [0.05, 0.1) is 25.4 Å². The first-order chi connectivity index (χ1) is 14.5. The summed E-state index contributed by atoms with van der Waals surface area (Å²) in [5, 5.41) is 3.45. The Morgan fingerprint density at radius 1 is 1.19 bits per heavy atom. The van der Waals surface area contributed by atoms with Crippen LogP contribution in [0.1, 0.15) is 52.0 Å². The second-order valence-corrected chi connectivity index (χ2v) is 9.22. The summed E-state index contributed by atoms with van der Waals surface area (Å²) in [6.07, 6.45) is 5.00. The number of piperidine rings is 1. The molecule has 1 aromatic carbocycles. The van der Waals surface area contributed by atoms with Crippen LogP contribution in [0, 0.1) is 0 Å². The topological polar surface area (TPSA) is 55.3 Å². The molecular weight excluding hydrogens is 505 g/mol. The van der Waals surface area contributed by atoms with Crippen molar-refractivity contribution in [3.8, 4) is 5.75 Å². The number of nitrogens with one attached hydrogen (secondary N) is 1. The van der Waals surface area contributed by atoms with Crippen molar-refractivity contribution >= 4 is 29.9 Å². The summed E-state index contributed by atoms with van der Waals surface area (Å²) in [7, 11) is 1.85. The van der Waals surface area contributed by atoms with Crippen LogP contribution in [0.15, 0.2) is 29.3 Å². The summed E-state index contributed by atoms with van der Waals surface area (Å²) in [4.78, 5) is 6.78. The van der Waals surface area contributed by atoms with Crippen LogP contribution < -0.4 is 10.1 Å². The molecule has 0 saturated carbocycles. The Hall–Kier alpha value is -1.06. The van der Waals surface area contributed by atoms with Gasteiger partial charge in [0.15, 0.2) is 5.96 Å². The maximum absolute atomic E-state index is 6.08. The molecule has 2 saturated heterocycles. The van der Waals surface area contributed by atoms with Crippen LogP contribution in [0.2, 0.25) is 0 Å². The number of rotatable bonds is 7. The number of halogens is 1. The smallest absolute Gasteiger partial charge is 0.193 e. The van der Waals surface area contributed by atoms with Crippen molar-refractivity contribution in [3.63, 3.8) is 0 Å². The number of para-hydroxylation sites is 1. The van der Waals surface area contributed by atoms with E-state index in [0.29, 0.717) is 18.8 Å². The monoisotopic (exact) mass is 545 g/mol. The highest BCUT2D eigenvalue weighted by atomic mass is 127. The number of likely N-dealkylation sites (tertiary alicyclic amines) is 1. The van der Waals surface area contributed by atoms with Gasteiger partial charge in [-0.1, -0.05) is 39.0 Å². The normalized spacial score (nSPS) is 20.5. The summed E-state index contributed by atoms with van der Waals surface area (Å²) in [5.74, 6) is 1.91. The molecule has 2 fully saturated rings. The van der Waals surface area contributed by atoms with Gasteiger partial charge >= 0.3 is 0 Å². The Kier molecular flexibility index (Phi) is 10.9. The number of hydrogen-bond acceptors (Lipinski definition) is 4. The van der Waals surface area contributed by atoms with E-state index in [0.717, 1.165) is 63.8 Å². The van der Waals surface area contributed by atoms with Gasteiger partial charge in [0.2, 0.25) is 0 Å². The number of guanidine groups is 1. The maximum Gasteiger partial charge on any atom is 0.193 e. The second-order valence-electron chi connectivity index (χ2n) is 9.22. The van der Waals surface area contributed by atoms with Crippen molar-refractivity contribution < 1.29 is 14.2 Å². The van der Waals surface area contributed by atoms with Crippen molar-refractivity contribution in [2.24, 2.45) is 4.99 Å². The lowest BCUT2D eigenvalue weighted by atomic mass is 9.86. The maximum atomic E-state index is 6.08. The van der Waals surface area contributed by atoms with Gasteiger partial charge in [-0.05, 0) is 42.7 Å². The minimum Gasteiger partial charge on any atom is -0.491 e. The SMILES string of the molecule is CN=C(NCCOc1ccccc1C(C)(C)C)N1CCC(OCC2CCCO2)CC1.I. The van der Waals surface area contributed by atoms with E-state index >= 15 is 0 Å². The summed E-state index contributed by atoms with van der Waals surface area (Å²) < 4.78 is 17.8. The molecule has 2 aliphatic rings. The van der Waals surface area contributed by atoms with Crippen LogP contribution in [0.3, 0.4) is 0 Å². The standard InChI is InChI=1S/C24H39N3O3.HI/c1-24(2,3)21-9-5-6-10-22(21)29-17-13-26-23(25-4)27-14-11-19(12-15-27)30-18-20-8-7-16-28-20;/h5-6,9-10,19-20H,7-8,11-18H2,1-4H3,(H,25,26);1H. The first-order valence-electron chi connectivity index (χ1n) is 11.4. The van der Waals surface area contributed by atoms with Gasteiger partial charge < -0.3 is 24.4 Å². The molecular formula is C24H40IN3O3. The molecule has 0 radical (unpaired) electrons. The fraction of sp³-hybridized carbons (Fsp3) is 0.708. The van der Waals surface area contributed by atoms with E-state index < -0.39 is 0 Å². The Morgan fingerprint density at radius 3 is 2.58 bits per heavy atom. The van der Waals surface area contributed by atoms with E-state index in [4.69, 9.17) is 14.2 Å². The van der Waals surface area contributed by atoms with Gasteiger partial charge in [-0.3, -0.25) is 4.99 Å². The fourth-order valence-electron chi connectivity index (χ4n) is 4.12. The molecule has 1 aromatic rings. The van der Waals surface area contributed by atoms with Gasteiger partial charge in [-0.25, -0.2) is 0 Å². The largest absolute Gasteiger partial charge is 0.491 e. The summed E-state index contributed by atoms with van der Waals surface area (Å²) >= 11 is 0. The Labute approximate surface area is 205 Å². The molecule has 1 unspecified atom stereocenters. The van der Waals surface area contributed by atoms with Gasteiger partial charge in [0.1, 0.15) is 12.4 Å². The number of nitrogens with zero attached hydrogens (tertiary/aromatic N) is 2. The highest BCUT2D eigenvalue weighted by molar-refractivity contribution is 14.0. The molecule has 31 heavy (non-hydrogen) atoms. The molecule has 0 aromatic heterocycles. The van der Waals surface area contributed by atoms with Gasteiger partial charge in [-0.2, -0.15) is 0 Å². The third kappa shape index (κ3) is 8.09. The molecule has 2 aliphatic heterocycles. The predicted octanol–water partition coefficient (Wildman–Crippen LogP) is 4.22. The lowest BCUT2D eigenvalue weighted by molar-refractivity contribution is -0.0367. The van der Waals surface area contributed by atoms with Crippen LogP contribution in [0.25, 0.3) is 0 Å². The number of hydrogen-bond donors (Lipinski definition) is 1. The lowest BCUT2D eigenvalue weighted by Gasteiger charge is -2.34. The van der Waals surface area contributed by atoms with Crippen molar-refractivity contribution in [3.05, 3.63) is 29.8 Å². The van der Waals surface area contributed by atoms with E-state index in [2.05, 4.69) is 54.2 Å². The van der Waals surface area contributed by atoms with E-state index in [-0.39, 0.29) is 29.4 Å². The van der Waals surface area contributed by atoms with E-state index in [1.54, 1.807) is 0 Å². The third-order valence-electron chi connectivity index (χ3n) is 5.83. The van der Waals surface area contributed by atoms with Crippen LogP contribution in [-0.4, -0.2) is 69.6 Å². The predicted molar refractivity (Wildman–Crippen MR) is 137 cm³/mol. The summed E-state index contributed by atoms with van der Waals surface area (Å²) in [6, 6.07) is 8.30. The average molecular weight is 546 g/mol. The molecule has 2 heterocycles. The van der Waals surface area contributed by atoms with Crippen LogP contribution >= 0.6 is 24.0 Å². The molecule has 176 valence electrons. The lowest BCUT2D eigenvalue weighted by Crippen LogP contribution is -2.48. The van der Waals surface area contributed by atoms with Crippen LogP contribution in [0.4, 0.5) is 0 Å². The van der Waals surface area contributed by atoms with Crippen molar-refractivity contribution in [2.75, 3.05) is 46.5 Å². The van der Waals surface area contributed by atoms with Crippen molar-refractivity contribution in [2.45, 2.75) is 64.1 Å². The zero-order valence-corrected chi connectivity index (χ0v) is 21.9. The first kappa shape index (κ1) is 26.2. The molecule has 7 heteroatoms. The first-order valence-corrected chi connectivity index (χ1v) is 11.4. The summed E-state index contributed by atoms with van der Waals surface area (Å²) in [6.45, 7) is 11.5. The Morgan fingerprint density at radius 2 is 1.94 bits per heavy atom. The van der Waals surface area contributed by atoms with Gasteiger partial charge in [0, 0.05) is 26.7 Å². The third-order valence-corrected chi connectivity index (χ3v) is 5.83. The van der Waals surface area contributed by atoms with Crippen molar-refractivity contribution in [1.82, 2.24) is 10.2 Å². The van der Waals surface area contributed by atoms with Gasteiger partial charge in [0.25, 0.3) is 0 Å². The Balaban J connectivity index is 0.00000341. The number of benzene rings is 1. The van der Waals surface area contributed by atoms with E-state index in [9.17, 15) is 0 Å². The average Bonchev–Trinajstić information content (AvgIpc) is 3.26. The second kappa shape index (κ2) is 12.8. The van der Waals surface area contributed by atoms with Gasteiger partial charge in [-0.15, -0.1) is 24.0 Å². The minimum absolute atomic E-state index is 0. The molecule has 3 rings (SSSR count). The highest BCUT2D eigenvalue weighted by Gasteiger charge is 2.24. The van der Waals surface area contributed by atoms with E-state index in [1.807, 2.05) is 13.1 Å². The number of aliphatic imine (C=N–C) groups is 1. The van der Waals surface area contributed by atoms with E-state index in [1.165, 1.54) is 12.0 Å². The molecule has 0 bridgehead atoms. The van der Waals surface area contributed by atoms with Crippen LogP contribution in [0.5, 0.6) is 5.75 Å². The molecule has 0 spiro atoms. The minimum atomic E-state index is 0. The zero-order valence-electron chi connectivity index (χ0n) is 19.6. The van der Waals surface area contributed by atoms with Crippen molar-refractivity contribution in [1.29, 1.82) is 0 Å². The van der Waals surface area contributed by atoms with Crippen LogP contribution in [-0.2, 0) is 14.9 Å². The molecule has 1 atom stereocenters. The summed E-state index contributed by atoms with van der Waals surface area (Å²) in [5.41, 5.74) is 1.30. The fourth-order valence-corrected chi connectivity index (χ4v) is 4.12. The molecule has 0 amide bonds. The molecule has 6 nitrogen and oxygen atoms in total. The highest BCUT2D eigenvalue weighted by Crippen LogP contribution is 2.30. The quantitative estimate of drug-likeness (QED) is 0.241. The molecule has 1 N–H and O–H groups in total. The number of ether oxygens (including phenoxy) is 3.